The van der Waals surface area contributed by atoms with Crippen LogP contribution >= 0.6 is 0 Å². The summed E-state index contributed by atoms with van der Waals surface area (Å²) in [7, 11) is 3.51. The highest BCUT2D eigenvalue weighted by Gasteiger charge is 2.38. The lowest BCUT2D eigenvalue weighted by Gasteiger charge is -2.34. The molecule has 0 saturated carbocycles. The fraction of sp³-hybridized carbons (Fsp3) is 0.304. The normalized spacial score (nSPS) is 16.8. The minimum atomic E-state index is -0.538. The van der Waals surface area contributed by atoms with Crippen LogP contribution in [0.2, 0.25) is 0 Å². The van der Waals surface area contributed by atoms with Crippen molar-refractivity contribution in [2.24, 2.45) is 7.05 Å². The van der Waals surface area contributed by atoms with Gasteiger partial charge in [0.1, 0.15) is 23.8 Å². The predicted molar refractivity (Wildman–Crippen MR) is 122 cm³/mol. The number of rotatable bonds is 4. The number of aryl methyl sites for hydroxylation is 1. The van der Waals surface area contributed by atoms with Gasteiger partial charge in [-0.05, 0) is 36.9 Å². The van der Waals surface area contributed by atoms with E-state index in [0.29, 0.717) is 34.7 Å². The lowest BCUT2D eigenvalue weighted by Crippen LogP contribution is -2.30. The Hall–Kier alpha value is -3.66. The highest BCUT2D eigenvalue weighted by atomic mass is 19.1. The van der Waals surface area contributed by atoms with E-state index in [1.807, 2.05) is 13.8 Å². The zero-order chi connectivity index (χ0) is 23.7. The van der Waals surface area contributed by atoms with Crippen LogP contribution < -0.4 is 16.2 Å². The second kappa shape index (κ2) is 9.07. The van der Waals surface area contributed by atoms with Gasteiger partial charge in [-0.3, -0.25) is 9.48 Å². The van der Waals surface area contributed by atoms with Gasteiger partial charge < -0.3 is 10.6 Å². The van der Waals surface area contributed by atoms with Crippen molar-refractivity contribution in [3.8, 4) is 0 Å². The zero-order valence-corrected chi connectivity index (χ0v) is 18.8. The summed E-state index contributed by atoms with van der Waals surface area (Å²) < 4.78 is 30.2. The summed E-state index contributed by atoms with van der Waals surface area (Å²) in [5.41, 5.74) is 1.80. The van der Waals surface area contributed by atoms with Gasteiger partial charge >= 0.3 is 0 Å². The monoisotopic (exact) mass is 453 g/mol. The van der Waals surface area contributed by atoms with Crippen LogP contribution in [0.25, 0.3) is 10.8 Å². The van der Waals surface area contributed by atoms with E-state index >= 15 is 0 Å². The maximum absolute atomic E-state index is 14.3. The first-order valence-electron chi connectivity index (χ1n) is 10.7. The largest absolute Gasteiger partial charge is 0.376 e. The van der Waals surface area contributed by atoms with Crippen LogP contribution in [0.1, 0.15) is 48.5 Å². The molecule has 2 atom stereocenters. The van der Waals surface area contributed by atoms with E-state index in [0.717, 1.165) is 5.56 Å². The Kier molecular flexibility index (Phi) is 6.19. The van der Waals surface area contributed by atoms with E-state index in [1.165, 1.54) is 24.5 Å². The summed E-state index contributed by atoms with van der Waals surface area (Å²) >= 11 is 0. The van der Waals surface area contributed by atoms with Crippen molar-refractivity contribution < 1.29 is 8.78 Å². The van der Waals surface area contributed by atoms with Gasteiger partial charge in [0, 0.05) is 30.2 Å². The number of nitrogens with one attached hydrogen (secondary N) is 3. The maximum Gasteiger partial charge on any atom is 0.272 e. The molecule has 2 unspecified atom stereocenters. The van der Waals surface area contributed by atoms with Crippen LogP contribution in [0.15, 0.2) is 41.5 Å². The lowest BCUT2D eigenvalue weighted by molar-refractivity contribution is 0.559. The molecule has 10 heteroatoms. The molecule has 0 radical (unpaired) electrons. The minimum absolute atomic E-state index is 0.202. The van der Waals surface area contributed by atoms with Crippen LogP contribution in [0.4, 0.5) is 14.5 Å². The number of H-pyrrole nitrogens is 1. The molecule has 1 aliphatic rings. The third kappa shape index (κ3) is 3.86. The van der Waals surface area contributed by atoms with Gasteiger partial charge in [-0.1, -0.05) is 19.9 Å². The summed E-state index contributed by atoms with van der Waals surface area (Å²) in [6, 6.07) is 6.94. The molecular weight excluding hydrogens is 428 g/mol. The molecule has 0 fully saturated rings. The molecule has 1 aliphatic heterocycles. The van der Waals surface area contributed by atoms with Crippen molar-refractivity contribution in [2.45, 2.75) is 32.4 Å². The molecule has 3 N–H and O–H groups in total. The molecule has 33 heavy (non-hydrogen) atoms. The second-order valence-corrected chi connectivity index (χ2v) is 7.54. The fourth-order valence-corrected chi connectivity index (χ4v) is 4.28. The number of hydrogen-bond acceptors (Lipinski definition) is 6. The van der Waals surface area contributed by atoms with E-state index in [4.69, 9.17) is 0 Å². The van der Waals surface area contributed by atoms with Crippen molar-refractivity contribution in [1.29, 1.82) is 0 Å². The molecule has 8 nitrogen and oxygen atoms in total. The van der Waals surface area contributed by atoms with Gasteiger partial charge in [-0.25, -0.2) is 18.9 Å². The van der Waals surface area contributed by atoms with Crippen molar-refractivity contribution >= 4 is 16.5 Å². The molecule has 0 amide bonds. The van der Waals surface area contributed by atoms with Crippen LogP contribution in [0.3, 0.4) is 0 Å². The van der Waals surface area contributed by atoms with Gasteiger partial charge in [0.15, 0.2) is 0 Å². The third-order valence-electron chi connectivity index (χ3n) is 5.64. The van der Waals surface area contributed by atoms with Crippen molar-refractivity contribution in [2.75, 3.05) is 12.4 Å². The standard InChI is InChI=1S/C21H19F2N7O.C2H6/c1-24-8-11-5-10(3-4-14(11)23)18-17(20-25-9-26-30(20)2)19-16-13(21(31)29-28-19)6-12(22)7-15(16)27-18;1-2/h3-7,9,17-18,24,27H,8H2,1-2H3,(H,29,31);1-2H3. The minimum Gasteiger partial charge on any atom is -0.376 e. The summed E-state index contributed by atoms with van der Waals surface area (Å²) in [5.74, 6) is -0.714. The highest BCUT2D eigenvalue weighted by molar-refractivity contribution is 5.97. The fourth-order valence-electron chi connectivity index (χ4n) is 4.28. The Morgan fingerprint density at radius 1 is 1.18 bits per heavy atom. The predicted octanol–water partition coefficient (Wildman–Crippen LogP) is 3.37. The maximum atomic E-state index is 14.3. The molecule has 2 aromatic carbocycles. The molecule has 4 aromatic rings. The van der Waals surface area contributed by atoms with Gasteiger partial charge in [-0.2, -0.15) is 10.2 Å². The number of nitrogens with zero attached hydrogens (tertiary/aromatic N) is 4. The Labute approximate surface area is 189 Å². The number of aromatic amines is 1. The van der Waals surface area contributed by atoms with Crippen molar-refractivity contribution in [3.63, 3.8) is 0 Å². The van der Waals surface area contributed by atoms with Crippen LogP contribution in [0, 0.1) is 11.6 Å². The van der Waals surface area contributed by atoms with Crippen LogP contribution in [-0.4, -0.2) is 32.0 Å². The zero-order valence-electron chi connectivity index (χ0n) is 18.8. The molecule has 5 rings (SSSR count). The van der Waals surface area contributed by atoms with Gasteiger partial charge in [-0.15, -0.1) is 0 Å². The Bertz CT molecular complexity index is 1360. The first kappa shape index (κ1) is 22.5. The molecule has 0 spiro atoms. The second-order valence-electron chi connectivity index (χ2n) is 7.54. The van der Waals surface area contributed by atoms with Crippen molar-refractivity contribution in [1.82, 2.24) is 30.3 Å². The van der Waals surface area contributed by atoms with Crippen LogP contribution in [0.5, 0.6) is 0 Å². The molecule has 0 saturated heterocycles. The number of anilines is 1. The first-order valence-corrected chi connectivity index (χ1v) is 10.7. The molecule has 0 bridgehead atoms. The summed E-state index contributed by atoms with van der Waals surface area (Å²) in [6.45, 7) is 4.35. The van der Waals surface area contributed by atoms with Gasteiger partial charge in [0.2, 0.25) is 0 Å². The smallest absolute Gasteiger partial charge is 0.272 e. The van der Waals surface area contributed by atoms with E-state index in [9.17, 15) is 13.6 Å². The summed E-state index contributed by atoms with van der Waals surface area (Å²) in [5, 5.41) is 18.0. The molecule has 2 aromatic heterocycles. The lowest BCUT2D eigenvalue weighted by atomic mass is 9.83. The molecule has 0 aliphatic carbocycles. The molecule has 3 heterocycles. The Morgan fingerprint density at radius 3 is 2.67 bits per heavy atom. The SMILES string of the molecule is CC.CNCc1cc(C2Nc3cc(F)cc4c(=O)[nH]nc(c34)C2c2ncnn2C)ccc1F. The summed E-state index contributed by atoms with van der Waals surface area (Å²) in [4.78, 5) is 16.8. The van der Waals surface area contributed by atoms with Gasteiger partial charge in [0.05, 0.1) is 23.0 Å². The molecule has 172 valence electrons. The highest BCUT2D eigenvalue weighted by Crippen LogP contribution is 2.46. The Morgan fingerprint density at radius 2 is 1.97 bits per heavy atom. The number of benzene rings is 2. The van der Waals surface area contributed by atoms with Crippen molar-refractivity contribution in [3.05, 3.63) is 81.3 Å². The van der Waals surface area contributed by atoms with E-state index in [-0.39, 0.29) is 11.2 Å². The number of aromatic nitrogens is 5. The van der Waals surface area contributed by atoms with E-state index < -0.39 is 23.3 Å². The number of hydrogen-bond donors (Lipinski definition) is 3. The first-order chi connectivity index (χ1) is 16.0. The average Bonchev–Trinajstić information content (AvgIpc) is 3.23. The average molecular weight is 453 g/mol. The summed E-state index contributed by atoms with van der Waals surface area (Å²) in [6.07, 6.45) is 1.44. The third-order valence-corrected chi connectivity index (χ3v) is 5.64. The van der Waals surface area contributed by atoms with Gasteiger partial charge in [0.25, 0.3) is 5.56 Å². The van der Waals surface area contributed by atoms with E-state index in [1.54, 1.807) is 30.9 Å². The van der Waals surface area contributed by atoms with Crippen LogP contribution in [-0.2, 0) is 13.6 Å². The Balaban J connectivity index is 0.00000126. The van der Waals surface area contributed by atoms with E-state index in [2.05, 4.69) is 30.9 Å². The topological polar surface area (TPSA) is 101 Å². The number of halogens is 2. The quantitative estimate of drug-likeness (QED) is 0.438. The molecular formula is C23H25F2N7O.